The van der Waals surface area contributed by atoms with Crippen molar-refractivity contribution < 1.29 is 5.11 Å². The van der Waals surface area contributed by atoms with Gasteiger partial charge in [0.05, 0.1) is 0 Å². The van der Waals surface area contributed by atoms with E-state index < -0.39 is 0 Å². The number of hydrogen-bond donors (Lipinski definition) is 1. The molecule has 1 nitrogen and oxygen atoms in total. The highest BCUT2D eigenvalue weighted by Crippen LogP contribution is 2.17. The second kappa shape index (κ2) is 8.55. The van der Waals surface area contributed by atoms with Gasteiger partial charge in [0.1, 0.15) is 0 Å². The molecule has 0 fully saturated rings. The molecule has 1 unspecified atom stereocenters. The molecule has 1 heteroatoms. The summed E-state index contributed by atoms with van der Waals surface area (Å²) < 4.78 is 0. The molecule has 0 aromatic carbocycles. The van der Waals surface area contributed by atoms with Gasteiger partial charge in [-0.05, 0) is 18.3 Å². The molecule has 2 atom stereocenters. The van der Waals surface area contributed by atoms with Crippen molar-refractivity contribution in [3.05, 3.63) is 0 Å². The number of aliphatic hydroxyl groups is 1. The topological polar surface area (TPSA) is 20.2 Å². The van der Waals surface area contributed by atoms with Gasteiger partial charge in [-0.2, -0.15) is 0 Å². The van der Waals surface area contributed by atoms with E-state index >= 15 is 0 Å². The summed E-state index contributed by atoms with van der Waals surface area (Å²) >= 11 is 0. The van der Waals surface area contributed by atoms with E-state index in [2.05, 4.69) is 20.8 Å². The first-order valence-corrected chi connectivity index (χ1v) is 5.81. The molecule has 80 valence electrons. The highest BCUT2D eigenvalue weighted by Gasteiger charge is 2.03. The van der Waals surface area contributed by atoms with Gasteiger partial charge >= 0.3 is 0 Å². The number of rotatable bonds is 8. The van der Waals surface area contributed by atoms with Gasteiger partial charge in [0.15, 0.2) is 0 Å². The Morgan fingerprint density at radius 3 is 2.00 bits per heavy atom. The average molecular weight is 186 g/mol. The molecular formula is C12H26O. The molecule has 0 radical (unpaired) electrons. The zero-order valence-electron chi connectivity index (χ0n) is 9.55. The standard InChI is InChI=1S/C12H26O/c1-4-5-7-11(2)8-6-9-12(3)10-13/h11-13H,4-10H2,1-3H3/t11-,12?/m0/s1. The SMILES string of the molecule is CCCC[C@H](C)CCCC(C)CO. The molecule has 1 N–H and O–H groups in total. The molecule has 0 saturated heterocycles. The van der Waals surface area contributed by atoms with Gasteiger partial charge in [-0.3, -0.25) is 0 Å². The average Bonchev–Trinajstić information content (AvgIpc) is 2.14. The fraction of sp³-hybridized carbons (Fsp3) is 1.00. The Morgan fingerprint density at radius 2 is 1.46 bits per heavy atom. The van der Waals surface area contributed by atoms with Crippen LogP contribution in [0.15, 0.2) is 0 Å². The van der Waals surface area contributed by atoms with Crippen LogP contribution < -0.4 is 0 Å². The molecule has 0 aliphatic rings. The molecule has 0 amide bonds. The molecule has 0 heterocycles. The van der Waals surface area contributed by atoms with Crippen LogP contribution in [0, 0.1) is 11.8 Å². The number of aliphatic hydroxyl groups excluding tert-OH is 1. The Hall–Kier alpha value is -0.0400. The van der Waals surface area contributed by atoms with Gasteiger partial charge in [-0.15, -0.1) is 0 Å². The second-order valence-corrected chi connectivity index (χ2v) is 4.47. The van der Waals surface area contributed by atoms with Crippen LogP contribution in [0.4, 0.5) is 0 Å². The van der Waals surface area contributed by atoms with E-state index in [1.54, 1.807) is 0 Å². The Morgan fingerprint density at radius 1 is 0.923 bits per heavy atom. The zero-order chi connectivity index (χ0) is 10.1. The Kier molecular flexibility index (Phi) is 8.53. The molecule has 0 aliphatic carbocycles. The summed E-state index contributed by atoms with van der Waals surface area (Å²) in [6.45, 7) is 7.07. The van der Waals surface area contributed by atoms with Crippen LogP contribution in [0.5, 0.6) is 0 Å². The van der Waals surface area contributed by atoms with Crippen molar-refractivity contribution in [3.63, 3.8) is 0 Å². The predicted molar refractivity (Wildman–Crippen MR) is 58.8 cm³/mol. The fourth-order valence-electron chi connectivity index (χ4n) is 1.60. The van der Waals surface area contributed by atoms with Gasteiger partial charge in [0, 0.05) is 6.61 Å². The lowest BCUT2D eigenvalue weighted by molar-refractivity contribution is 0.225. The quantitative estimate of drug-likeness (QED) is 0.614. The summed E-state index contributed by atoms with van der Waals surface area (Å²) in [7, 11) is 0. The Labute approximate surface area is 83.5 Å². The van der Waals surface area contributed by atoms with Crippen molar-refractivity contribution in [2.24, 2.45) is 11.8 Å². The van der Waals surface area contributed by atoms with E-state index in [9.17, 15) is 0 Å². The lowest BCUT2D eigenvalue weighted by Gasteiger charge is -2.12. The summed E-state index contributed by atoms with van der Waals surface area (Å²) in [5.41, 5.74) is 0. The van der Waals surface area contributed by atoms with Crippen molar-refractivity contribution in [1.29, 1.82) is 0 Å². The van der Waals surface area contributed by atoms with Crippen LogP contribution in [-0.4, -0.2) is 11.7 Å². The van der Waals surface area contributed by atoms with Gasteiger partial charge < -0.3 is 5.11 Å². The van der Waals surface area contributed by atoms with Crippen molar-refractivity contribution in [1.82, 2.24) is 0 Å². The first-order valence-electron chi connectivity index (χ1n) is 5.81. The van der Waals surface area contributed by atoms with E-state index in [-0.39, 0.29) is 0 Å². The largest absolute Gasteiger partial charge is 0.396 e. The minimum absolute atomic E-state index is 0.351. The Bertz CT molecular complexity index is 101. The summed E-state index contributed by atoms with van der Waals surface area (Å²) in [6.07, 6.45) is 7.88. The highest BCUT2D eigenvalue weighted by atomic mass is 16.3. The first-order chi connectivity index (χ1) is 6.20. The monoisotopic (exact) mass is 186 g/mol. The van der Waals surface area contributed by atoms with Gasteiger partial charge in [-0.25, -0.2) is 0 Å². The highest BCUT2D eigenvalue weighted by molar-refractivity contribution is 4.56. The summed E-state index contributed by atoms with van der Waals surface area (Å²) in [5, 5.41) is 8.84. The van der Waals surface area contributed by atoms with Gasteiger partial charge in [0.2, 0.25) is 0 Å². The summed E-state index contributed by atoms with van der Waals surface area (Å²) in [4.78, 5) is 0. The van der Waals surface area contributed by atoms with Gasteiger partial charge in [0.25, 0.3) is 0 Å². The Balaban J connectivity index is 3.21. The number of unbranched alkanes of at least 4 members (excludes halogenated alkanes) is 1. The predicted octanol–water partition coefficient (Wildman–Crippen LogP) is 3.61. The number of hydrogen-bond acceptors (Lipinski definition) is 1. The summed E-state index contributed by atoms with van der Waals surface area (Å²) in [6, 6.07) is 0. The molecule has 0 aromatic heterocycles. The minimum Gasteiger partial charge on any atom is -0.396 e. The van der Waals surface area contributed by atoms with E-state index in [4.69, 9.17) is 5.11 Å². The summed E-state index contributed by atoms with van der Waals surface area (Å²) in [5.74, 6) is 1.38. The van der Waals surface area contributed by atoms with Crippen molar-refractivity contribution in [3.8, 4) is 0 Å². The molecule has 0 spiro atoms. The maximum Gasteiger partial charge on any atom is 0.0456 e. The zero-order valence-corrected chi connectivity index (χ0v) is 9.55. The lowest BCUT2D eigenvalue weighted by atomic mass is 9.95. The van der Waals surface area contributed by atoms with Crippen molar-refractivity contribution >= 4 is 0 Å². The van der Waals surface area contributed by atoms with Crippen LogP contribution in [0.25, 0.3) is 0 Å². The van der Waals surface area contributed by atoms with Crippen LogP contribution in [0.2, 0.25) is 0 Å². The molecule has 0 aromatic rings. The van der Waals surface area contributed by atoms with E-state index in [0.29, 0.717) is 12.5 Å². The second-order valence-electron chi connectivity index (χ2n) is 4.47. The molecule has 0 bridgehead atoms. The van der Waals surface area contributed by atoms with Crippen molar-refractivity contribution in [2.45, 2.75) is 59.3 Å². The van der Waals surface area contributed by atoms with Crippen LogP contribution in [-0.2, 0) is 0 Å². The molecule has 0 aliphatic heterocycles. The maximum absolute atomic E-state index is 8.84. The van der Waals surface area contributed by atoms with E-state index in [1.165, 1.54) is 38.5 Å². The van der Waals surface area contributed by atoms with E-state index in [0.717, 1.165) is 5.92 Å². The van der Waals surface area contributed by atoms with Crippen molar-refractivity contribution in [2.75, 3.05) is 6.61 Å². The first kappa shape index (κ1) is 13.0. The van der Waals surface area contributed by atoms with Crippen LogP contribution in [0.1, 0.15) is 59.3 Å². The smallest absolute Gasteiger partial charge is 0.0456 e. The fourth-order valence-corrected chi connectivity index (χ4v) is 1.60. The molecule has 13 heavy (non-hydrogen) atoms. The maximum atomic E-state index is 8.84. The third-order valence-electron chi connectivity index (χ3n) is 2.76. The normalized spacial score (nSPS) is 15.7. The lowest BCUT2D eigenvalue weighted by Crippen LogP contribution is -2.02. The molecule has 0 rings (SSSR count). The van der Waals surface area contributed by atoms with E-state index in [1.807, 2.05) is 0 Å². The molecular weight excluding hydrogens is 160 g/mol. The van der Waals surface area contributed by atoms with Gasteiger partial charge in [-0.1, -0.05) is 52.9 Å². The van der Waals surface area contributed by atoms with Crippen LogP contribution >= 0.6 is 0 Å². The minimum atomic E-state index is 0.351. The molecule has 0 saturated carbocycles. The van der Waals surface area contributed by atoms with Crippen LogP contribution in [0.3, 0.4) is 0 Å². The third kappa shape index (κ3) is 8.29. The third-order valence-corrected chi connectivity index (χ3v) is 2.76.